The molecule has 0 bridgehead atoms. The van der Waals surface area contributed by atoms with Crippen LogP contribution in [0.15, 0.2) is 34.9 Å². The van der Waals surface area contributed by atoms with Crippen molar-refractivity contribution >= 4 is 11.3 Å². The number of thiophene rings is 1. The van der Waals surface area contributed by atoms with Gasteiger partial charge in [-0.15, -0.1) is 11.3 Å². The highest BCUT2D eigenvalue weighted by Gasteiger charge is 2.18. The Hall–Kier alpha value is -1.14. The zero-order valence-electron chi connectivity index (χ0n) is 14.4. The van der Waals surface area contributed by atoms with Crippen LogP contribution >= 0.6 is 11.3 Å². The Morgan fingerprint density at radius 3 is 2.61 bits per heavy atom. The lowest BCUT2D eigenvalue weighted by molar-refractivity contribution is -0.0575. The van der Waals surface area contributed by atoms with Crippen LogP contribution in [0.25, 0.3) is 0 Å². The molecule has 2 aromatic rings. The molecule has 0 aliphatic rings. The predicted molar refractivity (Wildman–Crippen MR) is 93.6 cm³/mol. The summed E-state index contributed by atoms with van der Waals surface area (Å²) < 4.78 is 11.1. The summed E-state index contributed by atoms with van der Waals surface area (Å²) in [4.78, 5) is 4.79. The molecule has 0 aromatic carbocycles. The molecule has 4 nitrogen and oxygen atoms in total. The number of ether oxygens (including phenoxy) is 1. The van der Waals surface area contributed by atoms with Crippen molar-refractivity contribution in [2.24, 2.45) is 0 Å². The van der Waals surface area contributed by atoms with Crippen LogP contribution in [0.4, 0.5) is 0 Å². The van der Waals surface area contributed by atoms with Crippen LogP contribution in [0, 0.1) is 6.92 Å². The molecule has 2 heterocycles. The molecule has 23 heavy (non-hydrogen) atoms. The summed E-state index contributed by atoms with van der Waals surface area (Å²) in [6, 6.07) is 8.13. The number of aliphatic hydroxyl groups is 1. The molecule has 0 aliphatic carbocycles. The molecule has 0 saturated heterocycles. The van der Waals surface area contributed by atoms with Crippen LogP contribution in [0.1, 0.15) is 36.3 Å². The van der Waals surface area contributed by atoms with E-state index in [4.69, 9.17) is 9.15 Å². The fourth-order valence-electron chi connectivity index (χ4n) is 2.30. The summed E-state index contributed by atoms with van der Waals surface area (Å²) in [5.74, 6) is 0.905. The zero-order chi connectivity index (χ0) is 16.9. The van der Waals surface area contributed by atoms with Crippen molar-refractivity contribution in [1.82, 2.24) is 4.90 Å². The first-order valence-corrected chi connectivity index (χ1v) is 8.75. The van der Waals surface area contributed by atoms with E-state index >= 15 is 0 Å². The van der Waals surface area contributed by atoms with Gasteiger partial charge in [-0.05, 0) is 52.0 Å². The highest BCUT2D eigenvalue weighted by molar-refractivity contribution is 7.11. The lowest BCUT2D eigenvalue weighted by Gasteiger charge is -2.26. The second-order valence-corrected chi connectivity index (χ2v) is 8.21. The number of nitrogens with zero attached hydrogens (tertiary/aromatic N) is 1. The van der Waals surface area contributed by atoms with E-state index in [1.165, 1.54) is 9.75 Å². The number of rotatable bonds is 8. The average molecular weight is 337 g/mol. The van der Waals surface area contributed by atoms with E-state index in [1.54, 1.807) is 17.6 Å². The lowest BCUT2D eigenvalue weighted by Crippen LogP contribution is -2.36. The number of furan rings is 1. The maximum Gasteiger partial charge on any atom is 0.117 e. The van der Waals surface area contributed by atoms with Gasteiger partial charge in [0, 0.05) is 22.8 Å². The summed E-state index contributed by atoms with van der Waals surface area (Å²) in [6.07, 6.45) is 1.16. The van der Waals surface area contributed by atoms with Crippen molar-refractivity contribution in [3.63, 3.8) is 0 Å². The zero-order valence-corrected chi connectivity index (χ0v) is 15.2. The summed E-state index contributed by atoms with van der Waals surface area (Å²) in [5, 5.41) is 10.3. The minimum absolute atomic E-state index is 0.238. The van der Waals surface area contributed by atoms with Crippen LogP contribution in [-0.2, 0) is 17.8 Å². The molecule has 5 heteroatoms. The van der Waals surface area contributed by atoms with Gasteiger partial charge in [-0.25, -0.2) is 0 Å². The molecule has 2 aromatic heterocycles. The van der Waals surface area contributed by atoms with Crippen LogP contribution in [0.3, 0.4) is 0 Å². The van der Waals surface area contributed by atoms with Crippen molar-refractivity contribution in [3.8, 4) is 0 Å². The first-order chi connectivity index (χ1) is 10.8. The summed E-state index contributed by atoms with van der Waals surface area (Å²) in [5.41, 5.74) is -0.238. The average Bonchev–Trinajstić information content (AvgIpc) is 3.08. The minimum atomic E-state index is -0.523. The van der Waals surface area contributed by atoms with Gasteiger partial charge in [-0.2, -0.15) is 0 Å². The molecule has 1 N–H and O–H groups in total. The third-order valence-corrected chi connectivity index (χ3v) is 4.30. The third kappa shape index (κ3) is 6.87. The van der Waals surface area contributed by atoms with E-state index < -0.39 is 6.10 Å². The number of hydrogen-bond donors (Lipinski definition) is 1. The Morgan fingerprint density at radius 1 is 1.26 bits per heavy atom. The molecule has 0 aliphatic heterocycles. The Labute approximate surface area is 142 Å². The molecule has 0 radical (unpaired) electrons. The van der Waals surface area contributed by atoms with E-state index in [2.05, 4.69) is 24.0 Å². The van der Waals surface area contributed by atoms with E-state index in [0.717, 1.165) is 12.3 Å². The van der Waals surface area contributed by atoms with Crippen LogP contribution < -0.4 is 0 Å². The molecule has 2 rings (SSSR count). The largest absolute Gasteiger partial charge is 0.468 e. The van der Waals surface area contributed by atoms with Crippen molar-refractivity contribution in [3.05, 3.63) is 46.0 Å². The fraction of sp³-hybridized carbons (Fsp3) is 0.556. The van der Waals surface area contributed by atoms with E-state index in [1.807, 2.05) is 32.9 Å². The Morgan fingerprint density at radius 2 is 2.04 bits per heavy atom. The third-order valence-electron chi connectivity index (χ3n) is 3.31. The quantitative estimate of drug-likeness (QED) is 0.795. The second-order valence-electron chi connectivity index (χ2n) is 6.84. The standard InChI is InChI=1S/C18H27NO3S/c1-14-7-8-17(23-14)12-19(11-16-6-5-9-21-16)10-15(20)13-22-18(2,3)4/h5-9,15,20H,10-13H2,1-4H3/t15-/m0/s1. The van der Waals surface area contributed by atoms with Crippen molar-refractivity contribution in [1.29, 1.82) is 0 Å². The Balaban J connectivity index is 1.95. The highest BCUT2D eigenvalue weighted by atomic mass is 32.1. The smallest absolute Gasteiger partial charge is 0.117 e. The van der Waals surface area contributed by atoms with Gasteiger partial charge < -0.3 is 14.3 Å². The number of aliphatic hydroxyl groups excluding tert-OH is 1. The van der Waals surface area contributed by atoms with Crippen LogP contribution in [-0.4, -0.2) is 34.9 Å². The van der Waals surface area contributed by atoms with Crippen LogP contribution in [0.2, 0.25) is 0 Å². The van der Waals surface area contributed by atoms with Crippen molar-refractivity contribution in [2.45, 2.75) is 52.5 Å². The number of hydrogen-bond acceptors (Lipinski definition) is 5. The van der Waals surface area contributed by atoms with Gasteiger partial charge in [0.05, 0.1) is 31.1 Å². The molecule has 0 fully saturated rings. The Bertz CT molecular complexity index is 571. The van der Waals surface area contributed by atoms with Gasteiger partial charge in [0.1, 0.15) is 5.76 Å². The Kier molecular flexibility index (Phi) is 6.41. The second kappa shape index (κ2) is 8.11. The topological polar surface area (TPSA) is 45.8 Å². The van der Waals surface area contributed by atoms with Gasteiger partial charge in [-0.3, -0.25) is 4.90 Å². The van der Waals surface area contributed by atoms with Gasteiger partial charge in [0.2, 0.25) is 0 Å². The van der Waals surface area contributed by atoms with E-state index in [0.29, 0.717) is 19.7 Å². The van der Waals surface area contributed by atoms with Crippen molar-refractivity contribution in [2.75, 3.05) is 13.2 Å². The molecule has 0 saturated carbocycles. The maximum atomic E-state index is 10.3. The first-order valence-electron chi connectivity index (χ1n) is 7.94. The molecular formula is C18H27NO3S. The monoisotopic (exact) mass is 337 g/mol. The minimum Gasteiger partial charge on any atom is -0.468 e. The number of aryl methyl sites for hydroxylation is 1. The SMILES string of the molecule is Cc1ccc(CN(Cc2ccco2)C[C@H](O)COC(C)(C)C)s1. The summed E-state index contributed by atoms with van der Waals surface area (Å²) >= 11 is 1.79. The highest BCUT2D eigenvalue weighted by Crippen LogP contribution is 2.19. The van der Waals surface area contributed by atoms with Gasteiger partial charge in [-0.1, -0.05) is 0 Å². The van der Waals surface area contributed by atoms with Gasteiger partial charge in [0.25, 0.3) is 0 Å². The first kappa shape index (κ1) is 18.2. The molecule has 0 spiro atoms. The van der Waals surface area contributed by atoms with Crippen LogP contribution in [0.5, 0.6) is 0 Å². The van der Waals surface area contributed by atoms with E-state index in [9.17, 15) is 5.11 Å². The molecule has 0 amide bonds. The normalized spacial score (nSPS) is 13.7. The van der Waals surface area contributed by atoms with Gasteiger partial charge in [0.15, 0.2) is 0 Å². The summed E-state index contributed by atoms with van der Waals surface area (Å²) in [6.45, 7) is 10.5. The summed E-state index contributed by atoms with van der Waals surface area (Å²) in [7, 11) is 0. The molecular weight excluding hydrogens is 310 g/mol. The van der Waals surface area contributed by atoms with Crippen molar-refractivity contribution < 1.29 is 14.3 Å². The molecule has 128 valence electrons. The fourth-order valence-corrected chi connectivity index (χ4v) is 3.23. The van der Waals surface area contributed by atoms with Gasteiger partial charge >= 0.3 is 0 Å². The molecule has 0 unspecified atom stereocenters. The maximum absolute atomic E-state index is 10.3. The van der Waals surface area contributed by atoms with E-state index in [-0.39, 0.29) is 5.60 Å². The lowest BCUT2D eigenvalue weighted by atomic mass is 10.2. The predicted octanol–water partition coefficient (Wildman–Crippen LogP) is 3.83. The molecule has 1 atom stereocenters.